The molecule has 0 bridgehead atoms. The zero-order valence-electron chi connectivity index (χ0n) is 9.03. The quantitative estimate of drug-likeness (QED) is 0.151. The number of phosphoric acid groups is 1. The largest absolute Gasteiger partial charge is 1.00 e. The fraction of sp³-hybridized carbons (Fsp3) is 0.571. The molecular formula is C7H14NaO7P. The van der Waals surface area contributed by atoms with E-state index in [0.717, 1.165) is 6.08 Å². The molecule has 0 aliphatic heterocycles. The Balaban J connectivity index is -0.000000242. The van der Waals surface area contributed by atoms with E-state index in [-0.39, 0.29) is 36.2 Å². The smallest absolute Gasteiger partial charge is 0.854 e. The van der Waals surface area contributed by atoms with Gasteiger partial charge < -0.3 is 24.5 Å². The predicted octanol–water partition coefficient (Wildman–Crippen LogP) is -4.07. The third kappa shape index (κ3) is 36.7. The van der Waals surface area contributed by atoms with Gasteiger partial charge in [-0.15, -0.1) is 6.61 Å². The third-order valence-electron chi connectivity index (χ3n) is 0.950. The summed E-state index contributed by atoms with van der Waals surface area (Å²) in [4.78, 5) is 31.9. The van der Waals surface area contributed by atoms with Crippen molar-refractivity contribution in [2.45, 2.75) is 12.8 Å². The minimum absolute atomic E-state index is 0. The first-order valence-corrected chi connectivity index (χ1v) is 5.53. The zero-order chi connectivity index (χ0) is 12.3. The molecule has 0 unspecified atom stereocenters. The van der Waals surface area contributed by atoms with Gasteiger partial charge in [0.15, 0.2) is 0 Å². The van der Waals surface area contributed by atoms with E-state index < -0.39 is 13.8 Å². The first kappa shape index (κ1) is 21.6. The second-order valence-electron chi connectivity index (χ2n) is 2.30. The summed E-state index contributed by atoms with van der Waals surface area (Å²) in [5, 5.41) is 9.88. The predicted molar refractivity (Wildman–Crippen MR) is 49.5 cm³/mol. The molecule has 0 spiro atoms. The number of ether oxygens (including phenoxy) is 1. The maximum atomic E-state index is 10.4. The molecule has 0 heterocycles. The average molecular weight is 264 g/mol. The van der Waals surface area contributed by atoms with Gasteiger partial charge in [0.1, 0.15) is 0 Å². The van der Waals surface area contributed by atoms with E-state index >= 15 is 0 Å². The topological polar surface area (TPSA) is 127 Å². The van der Waals surface area contributed by atoms with Crippen molar-refractivity contribution < 1.29 is 63.4 Å². The van der Waals surface area contributed by atoms with Crippen molar-refractivity contribution in [1.29, 1.82) is 0 Å². The van der Waals surface area contributed by atoms with E-state index in [0.29, 0.717) is 19.4 Å². The van der Waals surface area contributed by atoms with Crippen molar-refractivity contribution in [2.75, 3.05) is 13.2 Å². The van der Waals surface area contributed by atoms with Crippen LogP contribution in [-0.2, 0) is 14.1 Å². The van der Waals surface area contributed by atoms with Crippen LogP contribution in [0.4, 0.5) is 0 Å². The molecule has 3 N–H and O–H groups in total. The van der Waals surface area contributed by atoms with Crippen LogP contribution in [0.25, 0.3) is 0 Å². The van der Waals surface area contributed by atoms with Crippen molar-refractivity contribution in [3.05, 3.63) is 12.7 Å². The molecule has 0 radical (unpaired) electrons. The normalized spacial score (nSPS) is 9.25. The van der Waals surface area contributed by atoms with Crippen LogP contribution in [-0.4, -0.2) is 33.9 Å². The maximum absolute atomic E-state index is 10.4. The van der Waals surface area contributed by atoms with E-state index in [1.165, 1.54) is 0 Å². The van der Waals surface area contributed by atoms with Crippen molar-refractivity contribution in [3.8, 4) is 0 Å². The Kier molecular flexibility index (Phi) is 18.0. The fourth-order valence-electron chi connectivity index (χ4n) is 0.436. The van der Waals surface area contributed by atoms with Crippen molar-refractivity contribution in [1.82, 2.24) is 0 Å². The first-order chi connectivity index (χ1) is 6.81. The van der Waals surface area contributed by atoms with Gasteiger partial charge in [-0.2, -0.15) is 0 Å². The van der Waals surface area contributed by atoms with Crippen LogP contribution >= 0.6 is 7.82 Å². The van der Waals surface area contributed by atoms with Gasteiger partial charge in [0.25, 0.3) is 0 Å². The van der Waals surface area contributed by atoms with Crippen LogP contribution in [0.15, 0.2) is 12.7 Å². The molecule has 0 saturated carbocycles. The van der Waals surface area contributed by atoms with E-state index in [9.17, 15) is 9.90 Å². The summed E-state index contributed by atoms with van der Waals surface area (Å²) in [5.74, 6) is -0.425. The summed E-state index contributed by atoms with van der Waals surface area (Å²) in [7, 11) is -4.64. The Morgan fingerprint density at radius 3 is 2.12 bits per heavy atom. The monoisotopic (exact) mass is 264 g/mol. The molecule has 0 aromatic heterocycles. The average Bonchev–Trinajstić information content (AvgIpc) is 2.09. The Hall–Kier alpha value is 0.280. The Morgan fingerprint density at radius 2 is 1.81 bits per heavy atom. The van der Waals surface area contributed by atoms with E-state index in [1.807, 2.05) is 0 Å². The Labute approximate surface area is 116 Å². The minimum atomic E-state index is -4.64. The Bertz CT molecular complexity index is 219. The van der Waals surface area contributed by atoms with Gasteiger partial charge in [0.05, 0.1) is 6.61 Å². The summed E-state index contributed by atoms with van der Waals surface area (Å²) in [5.41, 5.74) is 0. The molecule has 7 nitrogen and oxygen atoms in total. The molecule has 0 fully saturated rings. The summed E-state index contributed by atoms with van der Waals surface area (Å²) in [6.07, 6.45) is 2.31. The van der Waals surface area contributed by atoms with Crippen molar-refractivity contribution in [3.63, 3.8) is 0 Å². The summed E-state index contributed by atoms with van der Waals surface area (Å²) >= 11 is 0. The van der Waals surface area contributed by atoms with E-state index in [1.54, 1.807) is 0 Å². The molecule has 0 aliphatic rings. The molecule has 9 heteroatoms. The van der Waals surface area contributed by atoms with Gasteiger partial charge in [0, 0.05) is 6.08 Å². The molecule has 90 valence electrons. The number of rotatable bonds is 5. The van der Waals surface area contributed by atoms with Crippen LogP contribution in [0.5, 0.6) is 0 Å². The summed E-state index contributed by atoms with van der Waals surface area (Å²) in [6, 6.07) is 0. The number of carbonyl (C=O) groups excluding carboxylic acids is 1. The van der Waals surface area contributed by atoms with Gasteiger partial charge in [-0.25, -0.2) is 9.36 Å². The molecule has 0 aromatic rings. The molecule has 0 amide bonds. The van der Waals surface area contributed by atoms with Gasteiger partial charge in [0.2, 0.25) is 0 Å². The third-order valence-corrected chi connectivity index (χ3v) is 0.950. The van der Waals surface area contributed by atoms with E-state index in [2.05, 4.69) is 11.3 Å². The summed E-state index contributed by atoms with van der Waals surface area (Å²) in [6.45, 7) is 3.44. The standard InChI is InChI=1S/C7H11O3.Na.H3O4P/c1-2-7(9)10-6-4-3-5-8;;1-5(2,3)4/h2H,1,3-6H2;;(H3,1,2,3,4)/q-1;+1;. The van der Waals surface area contributed by atoms with Crippen LogP contribution < -0.4 is 34.7 Å². The number of carbonyl (C=O) groups is 1. The minimum Gasteiger partial charge on any atom is -0.854 e. The van der Waals surface area contributed by atoms with Gasteiger partial charge >= 0.3 is 43.3 Å². The Morgan fingerprint density at radius 1 is 1.38 bits per heavy atom. The van der Waals surface area contributed by atoms with Crippen LogP contribution in [0, 0.1) is 0 Å². The second-order valence-corrected chi connectivity index (χ2v) is 3.32. The molecule has 16 heavy (non-hydrogen) atoms. The fourth-order valence-corrected chi connectivity index (χ4v) is 0.436. The SMILES string of the molecule is C=CC(=O)OCCCC[O-].O=P(O)(O)O.[Na+]. The van der Waals surface area contributed by atoms with Crippen LogP contribution in [0.2, 0.25) is 0 Å². The maximum Gasteiger partial charge on any atom is 1.00 e. The van der Waals surface area contributed by atoms with Gasteiger partial charge in [-0.05, 0) is 6.42 Å². The van der Waals surface area contributed by atoms with Crippen molar-refractivity contribution >= 4 is 13.8 Å². The molecule has 0 saturated heterocycles. The molecule has 0 aliphatic carbocycles. The van der Waals surface area contributed by atoms with Gasteiger partial charge in [-0.1, -0.05) is 13.0 Å². The van der Waals surface area contributed by atoms with Crippen molar-refractivity contribution in [2.24, 2.45) is 0 Å². The number of hydrogen-bond donors (Lipinski definition) is 3. The first-order valence-electron chi connectivity index (χ1n) is 3.97. The molecule has 0 aromatic carbocycles. The van der Waals surface area contributed by atoms with Crippen LogP contribution in [0.3, 0.4) is 0 Å². The van der Waals surface area contributed by atoms with E-state index in [4.69, 9.17) is 19.2 Å². The molecule has 0 rings (SSSR count). The van der Waals surface area contributed by atoms with Gasteiger partial charge in [-0.3, -0.25) is 0 Å². The summed E-state index contributed by atoms with van der Waals surface area (Å²) < 4.78 is 13.5. The second kappa shape index (κ2) is 13.3. The molecule has 0 atom stereocenters. The zero-order valence-corrected chi connectivity index (χ0v) is 11.9. The number of hydrogen-bond acceptors (Lipinski definition) is 4. The number of esters is 1. The van der Waals surface area contributed by atoms with Crippen LogP contribution in [0.1, 0.15) is 12.8 Å². The molecular weight excluding hydrogens is 250 g/mol. The number of unbranched alkanes of at least 4 members (excludes halogenated alkanes) is 1.